The van der Waals surface area contributed by atoms with Crippen molar-refractivity contribution in [2.24, 2.45) is 5.92 Å². The van der Waals surface area contributed by atoms with E-state index in [4.69, 9.17) is 0 Å². The molecule has 22 heavy (non-hydrogen) atoms. The van der Waals surface area contributed by atoms with Gasteiger partial charge in [-0.25, -0.2) is 0 Å². The third-order valence-electron chi connectivity index (χ3n) is 4.66. The van der Waals surface area contributed by atoms with Crippen LogP contribution in [0.3, 0.4) is 0 Å². The van der Waals surface area contributed by atoms with Crippen LogP contribution in [0, 0.1) is 12.8 Å². The lowest BCUT2D eigenvalue weighted by Crippen LogP contribution is -2.30. The standard InChI is InChI=1S/C20H23NO/c1-15-7-6-8-17(13-15)14-19-11-12-21(20(19)22)16(2)18-9-4-3-5-10-18/h3-10,13,16,19H,11-12,14H2,1-2H3/t16-,19+/m0/s1. The zero-order valence-electron chi connectivity index (χ0n) is 13.3. The fourth-order valence-electron chi connectivity index (χ4n) is 3.37. The van der Waals surface area contributed by atoms with E-state index in [-0.39, 0.29) is 12.0 Å². The molecule has 0 radical (unpaired) electrons. The smallest absolute Gasteiger partial charge is 0.226 e. The highest BCUT2D eigenvalue weighted by molar-refractivity contribution is 5.81. The molecular weight excluding hydrogens is 270 g/mol. The number of benzene rings is 2. The first-order valence-electron chi connectivity index (χ1n) is 8.06. The van der Waals surface area contributed by atoms with Crippen LogP contribution in [0.5, 0.6) is 0 Å². The van der Waals surface area contributed by atoms with E-state index in [1.165, 1.54) is 16.7 Å². The Morgan fingerprint density at radius 3 is 2.64 bits per heavy atom. The van der Waals surface area contributed by atoms with E-state index in [9.17, 15) is 4.79 Å². The zero-order chi connectivity index (χ0) is 15.5. The van der Waals surface area contributed by atoms with E-state index in [2.05, 4.69) is 50.2 Å². The van der Waals surface area contributed by atoms with E-state index in [1.807, 2.05) is 23.1 Å². The number of hydrogen-bond donors (Lipinski definition) is 0. The summed E-state index contributed by atoms with van der Waals surface area (Å²) in [6, 6.07) is 19.0. The number of carbonyl (C=O) groups is 1. The van der Waals surface area contributed by atoms with Gasteiger partial charge in [0.25, 0.3) is 0 Å². The molecule has 2 aromatic rings. The highest BCUT2D eigenvalue weighted by Crippen LogP contribution is 2.30. The molecule has 2 heteroatoms. The molecule has 2 nitrogen and oxygen atoms in total. The largest absolute Gasteiger partial charge is 0.336 e. The molecule has 1 heterocycles. The van der Waals surface area contributed by atoms with Crippen LogP contribution < -0.4 is 0 Å². The molecule has 0 bridgehead atoms. The molecule has 3 rings (SSSR count). The molecule has 0 aliphatic carbocycles. The SMILES string of the molecule is Cc1cccc(C[C@H]2CCN([C@@H](C)c3ccccc3)C2=O)c1. The normalized spacial score (nSPS) is 19.5. The summed E-state index contributed by atoms with van der Waals surface area (Å²) >= 11 is 0. The molecular formula is C20H23NO. The Bertz CT molecular complexity index is 650. The van der Waals surface area contributed by atoms with Gasteiger partial charge in [0.15, 0.2) is 0 Å². The summed E-state index contributed by atoms with van der Waals surface area (Å²) in [5, 5.41) is 0. The number of aryl methyl sites for hydroxylation is 1. The fraction of sp³-hybridized carbons (Fsp3) is 0.350. The van der Waals surface area contributed by atoms with E-state index in [1.54, 1.807) is 0 Å². The maximum atomic E-state index is 12.7. The molecule has 2 aromatic carbocycles. The van der Waals surface area contributed by atoms with E-state index < -0.39 is 0 Å². The minimum atomic E-state index is 0.132. The van der Waals surface area contributed by atoms with E-state index in [0.29, 0.717) is 5.91 Å². The van der Waals surface area contributed by atoms with Crippen LogP contribution in [0.15, 0.2) is 54.6 Å². The topological polar surface area (TPSA) is 20.3 Å². The van der Waals surface area contributed by atoms with Gasteiger partial charge in [-0.3, -0.25) is 4.79 Å². The predicted molar refractivity (Wildman–Crippen MR) is 89.6 cm³/mol. The summed E-state index contributed by atoms with van der Waals surface area (Å²) in [6.45, 7) is 5.09. The lowest BCUT2D eigenvalue weighted by Gasteiger charge is -2.25. The third kappa shape index (κ3) is 3.06. The predicted octanol–water partition coefficient (Wildman–Crippen LogP) is 4.15. The van der Waals surface area contributed by atoms with E-state index >= 15 is 0 Å². The van der Waals surface area contributed by atoms with Gasteiger partial charge in [-0.1, -0.05) is 60.2 Å². The molecule has 0 N–H and O–H groups in total. The minimum absolute atomic E-state index is 0.132. The Balaban J connectivity index is 1.70. The Kier molecular flexibility index (Phi) is 4.28. The molecule has 0 unspecified atom stereocenters. The molecule has 114 valence electrons. The van der Waals surface area contributed by atoms with Crippen LogP contribution >= 0.6 is 0 Å². The first-order valence-corrected chi connectivity index (χ1v) is 8.06. The summed E-state index contributed by atoms with van der Waals surface area (Å²) in [6.07, 6.45) is 1.82. The van der Waals surface area contributed by atoms with Gasteiger partial charge in [-0.2, -0.15) is 0 Å². The Morgan fingerprint density at radius 2 is 1.91 bits per heavy atom. The lowest BCUT2D eigenvalue weighted by molar-refractivity contribution is -0.132. The summed E-state index contributed by atoms with van der Waals surface area (Å²) in [5.41, 5.74) is 3.75. The minimum Gasteiger partial charge on any atom is -0.336 e. The van der Waals surface area contributed by atoms with Crippen molar-refractivity contribution in [3.8, 4) is 0 Å². The van der Waals surface area contributed by atoms with Gasteiger partial charge in [0.2, 0.25) is 5.91 Å². The van der Waals surface area contributed by atoms with Crippen LogP contribution in [0.4, 0.5) is 0 Å². The molecule has 0 aromatic heterocycles. The first-order chi connectivity index (χ1) is 10.6. The molecule has 0 saturated carbocycles. The van der Waals surface area contributed by atoms with Crippen molar-refractivity contribution in [1.29, 1.82) is 0 Å². The molecule has 1 amide bonds. The van der Waals surface area contributed by atoms with Crippen molar-refractivity contribution in [2.75, 3.05) is 6.54 Å². The fourth-order valence-corrected chi connectivity index (χ4v) is 3.37. The number of rotatable bonds is 4. The van der Waals surface area contributed by atoms with Gasteiger partial charge >= 0.3 is 0 Å². The average molecular weight is 293 g/mol. The maximum absolute atomic E-state index is 12.7. The highest BCUT2D eigenvalue weighted by Gasteiger charge is 2.34. The van der Waals surface area contributed by atoms with Crippen LogP contribution in [0.1, 0.15) is 36.1 Å². The molecule has 1 fully saturated rings. The van der Waals surface area contributed by atoms with Gasteiger partial charge in [0.1, 0.15) is 0 Å². The van der Waals surface area contributed by atoms with Gasteiger partial charge < -0.3 is 4.90 Å². The molecule has 1 saturated heterocycles. The van der Waals surface area contributed by atoms with Crippen LogP contribution in [-0.2, 0) is 11.2 Å². The summed E-state index contributed by atoms with van der Waals surface area (Å²) in [7, 11) is 0. The van der Waals surface area contributed by atoms with Gasteiger partial charge in [-0.05, 0) is 37.8 Å². The number of hydrogen-bond acceptors (Lipinski definition) is 1. The molecule has 0 spiro atoms. The number of carbonyl (C=O) groups excluding carboxylic acids is 1. The van der Waals surface area contributed by atoms with Crippen molar-refractivity contribution in [3.63, 3.8) is 0 Å². The summed E-state index contributed by atoms with van der Waals surface area (Å²) in [4.78, 5) is 14.8. The zero-order valence-corrected chi connectivity index (χ0v) is 13.3. The molecule has 1 aliphatic heterocycles. The van der Waals surface area contributed by atoms with Crippen molar-refractivity contribution >= 4 is 5.91 Å². The van der Waals surface area contributed by atoms with E-state index in [0.717, 1.165) is 19.4 Å². The Labute approximate surface area is 132 Å². The second kappa shape index (κ2) is 6.35. The summed E-state index contributed by atoms with van der Waals surface area (Å²) in [5.74, 6) is 0.436. The van der Waals surface area contributed by atoms with Crippen LogP contribution in [0.25, 0.3) is 0 Å². The van der Waals surface area contributed by atoms with Crippen molar-refractivity contribution in [3.05, 3.63) is 71.3 Å². The molecule has 1 aliphatic rings. The Morgan fingerprint density at radius 1 is 1.14 bits per heavy atom. The second-order valence-electron chi connectivity index (χ2n) is 6.30. The Hall–Kier alpha value is -2.09. The van der Waals surface area contributed by atoms with Crippen molar-refractivity contribution < 1.29 is 4.79 Å². The third-order valence-corrected chi connectivity index (χ3v) is 4.66. The van der Waals surface area contributed by atoms with Gasteiger partial charge in [0.05, 0.1) is 6.04 Å². The first kappa shape index (κ1) is 14.8. The number of nitrogens with zero attached hydrogens (tertiary/aromatic N) is 1. The lowest BCUT2D eigenvalue weighted by atomic mass is 9.97. The number of likely N-dealkylation sites (tertiary alicyclic amines) is 1. The highest BCUT2D eigenvalue weighted by atomic mass is 16.2. The van der Waals surface area contributed by atoms with Crippen LogP contribution in [-0.4, -0.2) is 17.4 Å². The van der Waals surface area contributed by atoms with Gasteiger partial charge in [-0.15, -0.1) is 0 Å². The average Bonchev–Trinajstić information content (AvgIpc) is 2.89. The van der Waals surface area contributed by atoms with Gasteiger partial charge in [0, 0.05) is 12.5 Å². The van der Waals surface area contributed by atoms with Crippen molar-refractivity contribution in [2.45, 2.75) is 32.7 Å². The van der Waals surface area contributed by atoms with Crippen molar-refractivity contribution in [1.82, 2.24) is 4.90 Å². The maximum Gasteiger partial charge on any atom is 0.226 e. The monoisotopic (exact) mass is 293 g/mol. The second-order valence-corrected chi connectivity index (χ2v) is 6.30. The quantitative estimate of drug-likeness (QED) is 0.829. The van der Waals surface area contributed by atoms with Crippen LogP contribution in [0.2, 0.25) is 0 Å². The number of amides is 1. The molecule has 2 atom stereocenters. The summed E-state index contributed by atoms with van der Waals surface area (Å²) < 4.78 is 0.